The van der Waals surface area contributed by atoms with Gasteiger partial charge in [-0.3, -0.25) is 4.90 Å². The quantitative estimate of drug-likeness (QED) is 0.314. The van der Waals surface area contributed by atoms with Crippen LogP contribution in [-0.4, -0.2) is 80.6 Å². The van der Waals surface area contributed by atoms with Gasteiger partial charge in [0.25, 0.3) is 0 Å². The number of methoxy groups -OCH3 is 3. The second-order valence-corrected chi connectivity index (χ2v) is 9.32. The van der Waals surface area contributed by atoms with Crippen molar-refractivity contribution in [3.63, 3.8) is 0 Å². The van der Waals surface area contributed by atoms with E-state index >= 15 is 0 Å². The van der Waals surface area contributed by atoms with Crippen LogP contribution in [0.3, 0.4) is 0 Å². The van der Waals surface area contributed by atoms with Crippen molar-refractivity contribution in [3.8, 4) is 28.4 Å². The van der Waals surface area contributed by atoms with Crippen molar-refractivity contribution in [2.75, 3.05) is 71.4 Å². The van der Waals surface area contributed by atoms with E-state index in [2.05, 4.69) is 36.9 Å². The largest absolute Gasteiger partial charge is 0.493 e. The minimum absolute atomic E-state index is 0.468. The van der Waals surface area contributed by atoms with Crippen molar-refractivity contribution in [2.24, 2.45) is 0 Å². The molecular weight excluding hydrogens is 492 g/mol. The van der Waals surface area contributed by atoms with Gasteiger partial charge in [0, 0.05) is 66.7 Å². The summed E-state index contributed by atoms with van der Waals surface area (Å²) in [6.07, 6.45) is 3.71. The molecule has 0 atom stereocenters. The average molecular weight is 523 g/mol. The highest BCUT2D eigenvalue weighted by Crippen LogP contribution is 2.40. The number of fused-ring (bicyclic) bond motifs is 1. The minimum Gasteiger partial charge on any atom is -0.493 e. The number of pyridine rings is 1. The van der Waals surface area contributed by atoms with E-state index in [9.17, 15) is 0 Å². The van der Waals surface area contributed by atoms with E-state index in [0.717, 1.165) is 72.2 Å². The number of aromatic nitrogens is 3. The van der Waals surface area contributed by atoms with Crippen molar-refractivity contribution in [3.05, 3.63) is 42.0 Å². The molecule has 0 spiro atoms. The molecular formula is C26H30N6O4S. The summed E-state index contributed by atoms with van der Waals surface area (Å²) in [7, 11) is 4.74. The molecule has 4 heterocycles. The molecule has 37 heavy (non-hydrogen) atoms. The number of ether oxygens (including phenoxy) is 4. The van der Waals surface area contributed by atoms with Gasteiger partial charge in [-0.05, 0) is 12.1 Å². The van der Waals surface area contributed by atoms with Crippen LogP contribution in [0.25, 0.3) is 21.3 Å². The maximum absolute atomic E-state index is 5.45. The first kappa shape index (κ1) is 25.0. The number of hydrogen-bond donors (Lipinski definition) is 2. The monoisotopic (exact) mass is 522 g/mol. The summed E-state index contributed by atoms with van der Waals surface area (Å²) in [5.41, 5.74) is 3.61. The van der Waals surface area contributed by atoms with Crippen LogP contribution in [0.5, 0.6) is 17.2 Å². The van der Waals surface area contributed by atoms with E-state index in [-0.39, 0.29) is 0 Å². The molecule has 1 aliphatic heterocycles. The Labute approximate surface area is 219 Å². The number of rotatable bonds is 10. The fourth-order valence-corrected chi connectivity index (χ4v) is 5.07. The summed E-state index contributed by atoms with van der Waals surface area (Å²) >= 11 is 1.61. The molecule has 0 radical (unpaired) electrons. The highest BCUT2D eigenvalue weighted by atomic mass is 32.1. The molecule has 0 bridgehead atoms. The molecule has 4 aromatic rings. The molecule has 0 saturated carbocycles. The van der Waals surface area contributed by atoms with Crippen LogP contribution in [0, 0.1) is 0 Å². The van der Waals surface area contributed by atoms with Crippen LogP contribution < -0.4 is 24.8 Å². The molecule has 1 saturated heterocycles. The van der Waals surface area contributed by atoms with E-state index < -0.39 is 0 Å². The summed E-state index contributed by atoms with van der Waals surface area (Å²) in [6, 6.07) is 7.71. The molecule has 194 valence electrons. The normalized spacial score (nSPS) is 13.9. The number of thiophene rings is 1. The molecule has 0 unspecified atom stereocenters. The lowest BCUT2D eigenvalue weighted by Crippen LogP contribution is -2.39. The fourth-order valence-electron chi connectivity index (χ4n) is 4.20. The number of nitrogens with zero attached hydrogens (tertiary/aromatic N) is 4. The minimum atomic E-state index is 0.468. The van der Waals surface area contributed by atoms with Gasteiger partial charge in [-0.25, -0.2) is 15.0 Å². The summed E-state index contributed by atoms with van der Waals surface area (Å²) < 4.78 is 22.7. The molecule has 11 heteroatoms. The van der Waals surface area contributed by atoms with E-state index in [4.69, 9.17) is 23.9 Å². The van der Waals surface area contributed by atoms with Crippen molar-refractivity contribution < 1.29 is 18.9 Å². The van der Waals surface area contributed by atoms with Gasteiger partial charge in [0.2, 0.25) is 11.7 Å². The zero-order valence-corrected chi connectivity index (χ0v) is 21.9. The Morgan fingerprint density at radius 1 is 1.00 bits per heavy atom. The molecule has 1 aromatic carbocycles. The number of benzene rings is 1. The van der Waals surface area contributed by atoms with Crippen LogP contribution in [0.15, 0.2) is 42.0 Å². The summed E-state index contributed by atoms with van der Waals surface area (Å²) in [5, 5.41) is 8.75. The third-order valence-corrected chi connectivity index (χ3v) is 7.05. The van der Waals surface area contributed by atoms with E-state index in [1.807, 2.05) is 30.6 Å². The zero-order valence-electron chi connectivity index (χ0n) is 21.1. The molecule has 10 nitrogen and oxygen atoms in total. The predicted molar refractivity (Wildman–Crippen MR) is 146 cm³/mol. The highest BCUT2D eigenvalue weighted by Gasteiger charge is 2.15. The molecule has 3 aromatic heterocycles. The van der Waals surface area contributed by atoms with Gasteiger partial charge < -0.3 is 29.6 Å². The maximum atomic E-state index is 5.45. The number of nitrogens with one attached hydrogen (secondary N) is 2. The van der Waals surface area contributed by atoms with Gasteiger partial charge in [0.05, 0.1) is 51.0 Å². The Balaban J connectivity index is 1.31. The number of anilines is 3. The van der Waals surface area contributed by atoms with Crippen LogP contribution in [0.1, 0.15) is 0 Å². The second kappa shape index (κ2) is 11.6. The maximum Gasteiger partial charge on any atom is 0.227 e. The van der Waals surface area contributed by atoms with Gasteiger partial charge in [-0.1, -0.05) is 0 Å². The summed E-state index contributed by atoms with van der Waals surface area (Å²) in [4.78, 5) is 16.3. The Kier molecular flexibility index (Phi) is 7.83. The zero-order chi connectivity index (χ0) is 25.6. The van der Waals surface area contributed by atoms with Gasteiger partial charge >= 0.3 is 0 Å². The Morgan fingerprint density at radius 3 is 2.46 bits per heavy atom. The molecule has 1 aliphatic rings. The van der Waals surface area contributed by atoms with Crippen LogP contribution in [0.4, 0.5) is 17.5 Å². The summed E-state index contributed by atoms with van der Waals surface area (Å²) in [5.74, 6) is 2.95. The van der Waals surface area contributed by atoms with Crippen LogP contribution in [0.2, 0.25) is 0 Å². The lowest BCUT2D eigenvalue weighted by Gasteiger charge is -2.26. The van der Waals surface area contributed by atoms with Crippen LogP contribution >= 0.6 is 11.3 Å². The highest BCUT2D eigenvalue weighted by molar-refractivity contribution is 7.17. The Hall–Kier alpha value is -3.67. The molecule has 5 rings (SSSR count). The number of hydrogen-bond acceptors (Lipinski definition) is 11. The lowest BCUT2D eigenvalue weighted by atomic mass is 10.1. The van der Waals surface area contributed by atoms with E-state index in [1.54, 1.807) is 32.7 Å². The second-order valence-electron chi connectivity index (χ2n) is 8.41. The number of morpholine rings is 1. The topological polar surface area (TPSA) is 103 Å². The predicted octanol–water partition coefficient (Wildman–Crippen LogP) is 4.27. The average Bonchev–Trinajstić information content (AvgIpc) is 3.36. The first-order valence-electron chi connectivity index (χ1n) is 12.0. The first-order chi connectivity index (χ1) is 18.2. The van der Waals surface area contributed by atoms with Crippen molar-refractivity contribution in [1.29, 1.82) is 0 Å². The lowest BCUT2D eigenvalue weighted by molar-refractivity contribution is 0.0398. The third-order valence-electron chi connectivity index (χ3n) is 6.15. The SMILES string of the molecule is COc1cc(Nc2ncc3scc(-c4ccc(NCCN5CCOCC5)nc4)c3n2)cc(OC)c1OC. The van der Waals surface area contributed by atoms with Gasteiger partial charge in [0.15, 0.2) is 11.5 Å². The van der Waals surface area contributed by atoms with Gasteiger partial charge in [-0.2, -0.15) is 0 Å². The third kappa shape index (κ3) is 5.68. The van der Waals surface area contributed by atoms with Crippen molar-refractivity contribution >= 4 is 39.0 Å². The van der Waals surface area contributed by atoms with Crippen LogP contribution in [-0.2, 0) is 4.74 Å². The van der Waals surface area contributed by atoms with Gasteiger partial charge in [0.1, 0.15) is 5.82 Å². The Bertz CT molecular complexity index is 1320. The molecule has 1 fully saturated rings. The van der Waals surface area contributed by atoms with Crippen molar-refractivity contribution in [1.82, 2.24) is 19.9 Å². The van der Waals surface area contributed by atoms with E-state index in [0.29, 0.717) is 23.2 Å². The summed E-state index contributed by atoms with van der Waals surface area (Å²) in [6.45, 7) is 5.40. The first-order valence-corrected chi connectivity index (χ1v) is 12.9. The Morgan fingerprint density at radius 2 is 1.78 bits per heavy atom. The molecule has 2 N–H and O–H groups in total. The standard InChI is InChI=1S/C26H30N6O4S/c1-33-20-12-18(13-21(34-2)25(20)35-3)30-26-29-15-22-24(31-26)19(16-37-22)17-4-5-23(28-14-17)27-6-7-32-8-10-36-11-9-32/h4-5,12-16H,6-11H2,1-3H3,(H,27,28)(H,29,30,31). The molecule has 0 aliphatic carbocycles. The fraction of sp³-hybridized carbons (Fsp3) is 0.346. The van der Waals surface area contributed by atoms with Gasteiger partial charge in [-0.15, -0.1) is 11.3 Å². The smallest absolute Gasteiger partial charge is 0.227 e. The molecule has 0 amide bonds. The van der Waals surface area contributed by atoms with Crippen molar-refractivity contribution in [2.45, 2.75) is 0 Å². The van der Waals surface area contributed by atoms with E-state index in [1.165, 1.54) is 0 Å².